The van der Waals surface area contributed by atoms with E-state index >= 15 is 0 Å². The molecule has 8 heteroatoms. The lowest BCUT2D eigenvalue weighted by atomic mass is 10.2. The highest BCUT2D eigenvalue weighted by atomic mass is 32.2. The molecule has 1 saturated carbocycles. The van der Waals surface area contributed by atoms with Crippen LogP contribution in [0.2, 0.25) is 0 Å². The van der Waals surface area contributed by atoms with Crippen molar-refractivity contribution in [1.29, 1.82) is 0 Å². The third-order valence-electron chi connectivity index (χ3n) is 5.61. The summed E-state index contributed by atoms with van der Waals surface area (Å²) in [5.41, 5.74) is 0. The quantitative estimate of drug-likeness (QED) is 0.707. The summed E-state index contributed by atoms with van der Waals surface area (Å²) in [6, 6.07) is 0.606. The number of rotatable bonds is 6. The van der Waals surface area contributed by atoms with Crippen LogP contribution in [0.5, 0.6) is 0 Å². The van der Waals surface area contributed by atoms with E-state index in [4.69, 9.17) is 9.47 Å². The van der Waals surface area contributed by atoms with Gasteiger partial charge in [0.2, 0.25) is 5.95 Å². The van der Waals surface area contributed by atoms with Crippen molar-refractivity contribution in [1.82, 2.24) is 19.7 Å². The summed E-state index contributed by atoms with van der Waals surface area (Å²) in [5, 5.41) is 10.2. The van der Waals surface area contributed by atoms with Gasteiger partial charge in [0.1, 0.15) is 0 Å². The molecule has 1 aromatic heterocycles. The van der Waals surface area contributed by atoms with Crippen molar-refractivity contribution in [3.05, 3.63) is 0 Å². The molecule has 0 amide bonds. The van der Waals surface area contributed by atoms with Crippen molar-refractivity contribution in [2.75, 3.05) is 56.6 Å². The van der Waals surface area contributed by atoms with Crippen LogP contribution in [0.15, 0.2) is 5.16 Å². The zero-order chi connectivity index (χ0) is 16.6. The average molecular weight is 366 g/mol. The number of anilines is 1. The lowest BCUT2D eigenvalue weighted by molar-refractivity contribution is -0.0360. The van der Waals surface area contributed by atoms with Crippen LogP contribution in [0.1, 0.15) is 31.7 Å². The van der Waals surface area contributed by atoms with Crippen molar-refractivity contribution in [2.45, 2.75) is 49.1 Å². The lowest BCUT2D eigenvalue weighted by Gasteiger charge is -2.31. The molecule has 25 heavy (non-hydrogen) atoms. The number of fused-ring (bicyclic) bond motifs is 2. The second-order valence-corrected chi connectivity index (χ2v) is 8.61. The number of likely N-dealkylation sites (tertiary alicyclic amines) is 1. The second-order valence-electron chi connectivity index (χ2n) is 7.55. The maximum absolute atomic E-state index is 5.93. The predicted octanol–water partition coefficient (Wildman–Crippen LogP) is 1.40. The van der Waals surface area contributed by atoms with Gasteiger partial charge in [-0.1, -0.05) is 11.8 Å². The second kappa shape index (κ2) is 7.06. The lowest BCUT2D eigenvalue weighted by Crippen LogP contribution is -2.43. The molecule has 5 rings (SSSR count). The Morgan fingerprint density at radius 1 is 1.00 bits per heavy atom. The molecule has 7 nitrogen and oxygen atoms in total. The van der Waals surface area contributed by atoms with E-state index in [2.05, 4.69) is 24.6 Å². The van der Waals surface area contributed by atoms with E-state index in [0.717, 1.165) is 62.8 Å². The summed E-state index contributed by atoms with van der Waals surface area (Å²) >= 11 is 1.87. The summed E-state index contributed by atoms with van der Waals surface area (Å²) in [4.78, 5) is 4.90. The number of ether oxygens (including phenoxy) is 2. The van der Waals surface area contributed by atoms with Crippen molar-refractivity contribution in [2.24, 2.45) is 0 Å². The molecule has 1 aromatic rings. The van der Waals surface area contributed by atoms with Gasteiger partial charge in [0, 0.05) is 44.5 Å². The van der Waals surface area contributed by atoms with E-state index in [1.807, 2.05) is 11.8 Å². The molecule has 0 aromatic carbocycles. The minimum absolute atomic E-state index is 0.479. The van der Waals surface area contributed by atoms with E-state index < -0.39 is 0 Å². The molecule has 138 valence electrons. The third-order valence-corrected chi connectivity index (χ3v) is 6.53. The van der Waals surface area contributed by atoms with Gasteiger partial charge in [-0.3, -0.25) is 9.47 Å². The number of morpholine rings is 2. The topological polar surface area (TPSA) is 55.7 Å². The maximum atomic E-state index is 5.93. The zero-order valence-electron chi connectivity index (χ0n) is 14.7. The van der Waals surface area contributed by atoms with Crippen LogP contribution in [-0.2, 0) is 9.47 Å². The fourth-order valence-electron chi connectivity index (χ4n) is 4.15. The fraction of sp³-hybridized carbons (Fsp3) is 0.882. The van der Waals surface area contributed by atoms with Gasteiger partial charge in [0.05, 0.1) is 25.4 Å². The van der Waals surface area contributed by atoms with Crippen LogP contribution in [0.4, 0.5) is 5.95 Å². The van der Waals surface area contributed by atoms with Gasteiger partial charge in [-0.2, -0.15) is 0 Å². The number of nitrogens with zero attached hydrogens (tertiary/aromatic N) is 5. The molecule has 0 spiro atoms. The smallest absolute Gasteiger partial charge is 0.228 e. The van der Waals surface area contributed by atoms with E-state index in [1.54, 1.807) is 0 Å². The molecule has 4 heterocycles. The largest absolute Gasteiger partial charge is 0.378 e. The Kier molecular flexibility index (Phi) is 4.62. The summed E-state index contributed by atoms with van der Waals surface area (Å²) in [5.74, 6) is 2.13. The van der Waals surface area contributed by atoms with Crippen LogP contribution in [0.3, 0.4) is 0 Å². The first-order valence-electron chi connectivity index (χ1n) is 9.65. The highest BCUT2D eigenvalue weighted by Crippen LogP contribution is 2.41. The first kappa shape index (κ1) is 16.4. The molecular weight excluding hydrogens is 338 g/mol. The molecule has 0 N–H and O–H groups in total. The van der Waals surface area contributed by atoms with Gasteiger partial charge >= 0.3 is 0 Å². The molecule has 2 unspecified atom stereocenters. The fourth-order valence-corrected chi connectivity index (χ4v) is 5.15. The Bertz CT molecular complexity index is 590. The first-order chi connectivity index (χ1) is 12.4. The van der Waals surface area contributed by atoms with Gasteiger partial charge in [-0.15, -0.1) is 10.2 Å². The van der Waals surface area contributed by atoms with Crippen LogP contribution in [0.25, 0.3) is 0 Å². The summed E-state index contributed by atoms with van der Waals surface area (Å²) in [6.45, 7) is 6.75. The summed E-state index contributed by atoms with van der Waals surface area (Å²) in [6.07, 6.45) is 5.96. The number of hydrogen-bond acceptors (Lipinski definition) is 7. The molecule has 4 aliphatic rings. The monoisotopic (exact) mass is 365 g/mol. The molecule has 2 bridgehead atoms. The van der Waals surface area contributed by atoms with E-state index in [-0.39, 0.29) is 0 Å². The Labute approximate surface area is 153 Å². The molecule has 4 fully saturated rings. The molecule has 1 aliphatic carbocycles. The zero-order valence-corrected chi connectivity index (χ0v) is 15.5. The third kappa shape index (κ3) is 3.54. The Morgan fingerprint density at radius 2 is 1.76 bits per heavy atom. The Hall–Kier alpha value is -0.830. The number of aromatic nitrogens is 3. The van der Waals surface area contributed by atoms with E-state index in [9.17, 15) is 0 Å². The van der Waals surface area contributed by atoms with E-state index in [1.165, 1.54) is 25.7 Å². The van der Waals surface area contributed by atoms with E-state index in [0.29, 0.717) is 18.2 Å². The number of thioether (sulfide) groups is 1. The highest BCUT2D eigenvalue weighted by Gasteiger charge is 2.34. The molecule has 3 saturated heterocycles. The minimum Gasteiger partial charge on any atom is -0.378 e. The van der Waals surface area contributed by atoms with Gasteiger partial charge in [-0.25, -0.2) is 0 Å². The van der Waals surface area contributed by atoms with Crippen LogP contribution >= 0.6 is 11.8 Å². The number of hydrogen-bond donors (Lipinski definition) is 0. The molecule has 3 aliphatic heterocycles. The molecular formula is C17H27N5O2S. The van der Waals surface area contributed by atoms with Gasteiger partial charge in [-0.05, 0) is 25.7 Å². The molecule has 2 atom stereocenters. The highest BCUT2D eigenvalue weighted by molar-refractivity contribution is 7.99. The van der Waals surface area contributed by atoms with Crippen molar-refractivity contribution >= 4 is 17.7 Å². The average Bonchev–Trinajstić information content (AvgIpc) is 3.31. The first-order valence-corrected chi connectivity index (χ1v) is 10.6. The van der Waals surface area contributed by atoms with Gasteiger partial charge in [0.15, 0.2) is 5.16 Å². The van der Waals surface area contributed by atoms with Crippen LogP contribution < -0.4 is 4.90 Å². The van der Waals surface area contributed by atoms with Gasteiger partial charge < -0.3 is 14.4 Å². The van der Waals surface area contributed by atoms with Crippen molar-refractivity contribution in [3.63, 3.8) is 0 Å². The Balaban J connectivity index is 1.21. The summed E-state index contributed by atoms with van der Waals surface area (Å²) in [7, 11) is 0. The maximum Gasteiger partial charge on any atom is 0.228 e. The SMILES string of the molecule is C1CN(c2nnc(SCCN3CC4CCC(C3)O4)n2C2CC2)CCO1. The van der Waals surface area contributed by atoms with Gasteiger partial charge in [0.25, 0.3) is 0 Å². The van der Waals surface area contributed by atoms with Crippen molar-refractivity contribution < 1.29 is 9.47 Å². The minimum atomic E-state index is 0.479. The van der Waals surface area contributed by atoms with Crippen LogP contribution in [-0.4, -0.2) is 83.6 Å². The normalized spacial score (nSPS) is 30.2. The standard InChI is InChI=1S/C17H27N5O2S/c1-2-13(1)22-16(21-5-8-23-9-6-21)18-19-17(22)25-10-7-20-11-14-3-4-15(12-20)24-14/h13-15H,1-12H2. The summed E-state index contributed by atoms with van der Waals surface area (Å²) < 4.78 is 13.8. The molecule has 0 radical (unpaired) electrons. The van der Waals surface area contributed by atoms with Crippen LogP contribution in [0, 0.1) is 0 Å². The Morgan fingerprint density at radius 3 is 2.48 bits per heavy atom. The van der Waals surface area contributed by atoms with Crippen molar-refractivity contribution in [3.8, 4) is 0 Å². The predicted molar refractivity (Wildman–Crippen MR) is 96.4 cm³/mol.